The zero-order chi connectivity index (χ0) is 16.2. The largest absolute Gasteiger partial charge is 0.480 e. The Morgan fingerprint density at radius 3 is 2.14 bits per heavy atom. The average Bonchev–Trinajstić information content (AvgIpc) is 2.36. The van der Waals surface area contributed by atoms with Gasteiger partial charge in [-0.15, -0.1) is 0 Å². The van der Waals surface area contributed by atoms with E-state index in [0.717, 1.165) is 6.07 Å². The fraction of sp³-hybridized carbons (Fsp3) is 0.250. The number of hydrogen-bond donors (Lipinski definition) is 2. The molecule has 0 aliphatic heterocycles. The van der Waals surface area contributed by atoms with E-state index in [-0.39, 0.29) is 16.0 Å². The Labute approximate surface area is 120 Å². The summed E-state index contributed by atoms with van der Waals surface area (Å²) in [6.45, 7) is -0.490. The minimum absolute atomic E-state index is 0.231. The molecule has 0 bridgehead atoms. The van der Waals surface area contributed by atoms with Gasteiger partial charge >= 0.3 is 11.9 Å². The molecule has 0 aromatic heterocycles. The van der Waals surface area contributed by atoms with Crippen LogP contribution in [0, 0.1) is 18.3 Å². The highest BCUT2D eigenvalue weighted by Crippen LogP contribution is 2.20. The van der Waals surface area contributed by atoms with Gasteiger partial charge in [-0.05, 0) is 30.7 Å². The number of rotatable bonds is 6. The highest BCUT2D eigenvalue weighted by atomic mass is 32.2. The molecular formula is C12H12N2O6S. The molecule has 21 heavy (non-hydrogen) atoms. The van der Waals surface area contributed by atoms with Crippen LogP contribution in [0.4, 0.5) is 0 Å². The van der Waals surface area contributed by atoms with Crippen molar-refractivity contribution in [3.05, 3.63) is 29.3 Å². The Kier molecular flexibility index (Phi) is 5.02. The van der Waals surface area contributed by atoms with Gasteiger partial charge < -0.3 is 10.2 Å². The van der Waals surface area contributed by atoms with E-state index in [4.69, 9.17) is 15.5 Å². The van der Waals surface area contributed by atoms with E-state index in [1.165, 1.54) is 19.1 Å². The second-order valence-electron chi connectivity index (χ2n) is 4.15. The number of nitriles is 1. The lowest BCUT2D eigenvalue weighted by atomic mass is 10.2. The number of carboxylic acids is 2. The van der Waals surface area contributed by atoms with Crippen LogP contribution < -0.4 is 0 Å². The molecular weight excluding hydrogens is 300 g/mol. The van der Waals surface area contributed by atoms with Gasteiger partial charge in [-0.3, -0.25) is 9.59 Å². The van der Waals surface area contributed by atoms with Gasteiger partial charge in [-0.1, -0.05) is 0 Å². The topological polar surface area (TPSA) is 136 Å². The fourth-order valence-electron chi connectivity index (χ4n) is 1.68. The van der Waals surface area contributed by atoms with Crippen molar-refractivity contribution < 1.29 is 28.2 Å². The van der Waals surface area contributed by atoms with Crippen molar-refractivity contribution in [1.82, 2.24) is 4.31 Å². The Hall–Kier alpha value is -2.44. The van der Waals surface area contributed by atoms with Gasteiger partial charge in [0.2, 0.25) is 10.0 Å². The first-order valence-electron chi connectivity index (χ1n) is 5.63. The molecule has 0 saturated carbocycles. The van der Waals surface area contributed by atoms with E-state index in [9.17, 15) is 18.0 Å². The number of benzene rings is 1. The maximum absolute atomic E-state index is 12.3. The van der Waals surface area contributed by atoms with Crippen LogP contribution in [0.25, 0.3) is 0 Å². The summed E-state index contributed by atoms with van der Waals surface area (Å²) < 4.78 is 25.0. The van der Waals surface area contributed by atoms with Crippen molar-refractivity contribution in [2.24, 2.45) is 0 Å². The zero-order valence-electron chi connectivity index (χ0n) is 11.0. The summed E-state index contributed by atoms with van der Waals surface area (Å²) in [6, 6.07) is 5.59. The summed E-state index contributed by atoms with van der Waals surface area (Å²) in [5, 5.41) is 26.2. The van der Waals surface area contributed by atoms with Gasteiger partial charge in [-0.2, -0.15) is 9.57 Å². The van der Waals surface area contributed by atoms with Gasteiger partial charge in [-0.25, -0.2) is 8.42 Å². The molecule has 0 aliphatic carbocycles. The third-order valence-corrected chi connectivity index (χ3v) is 4.50. The molecule has 0 amide bonds. The standard InChI is InChI=1S/C12H12N2O6S/c1-8-4-9(5-13)2-3-10(8)21(19,20)14(6-11(15)16)7-12(17)18/h2-4H,6-7H2,1H3,(H,15,16)(H,17,18). The summed E-state index contributed by atoms with van der Waals surface area (Å²) in [5.41, 5.74) is 0.476. The molecule has 2 N–H and O–H groups in total. The lowest BCUT2D eigenvalue weighted by molar-refractivity contribution is -0.139. The highest BCUT2D eigenvalue weighted by molar-refractivity contribution is 7.89. The summed E-state index contributed by atoms with van der Waals surface area (Å²) in [6.07, 6.45) is 0. The first-order chi connectivity index (χ1) is 9.68. The molecule has 0 atom stereocenters. The number of aryl methyl sites for hydroxylation is 1. The molecule has 0 aliphatic rings. The Morgan fingerprint density at radius 1 is 1.24 bits per heavy atom. The van der Waals surface area contributed by atoms with Crippen LogP contribution >= 0.6 is 0 Å². The summed E-state index contributed by atoms with van der Waals surface area (Å²) in [4.78, 5) is 21.2. The zero-order valence-corrected chi connectivity index (χ0v) is 11.8. The van der Waals surface area contributed by atoms with Crippen LogP contribution in [-0.2, 0) is 19.6 Å². The molecule has 0 spiro atoms. The summed E-state index contributed by atoms with van der Waals surface area (Å²) >= 11 is 0. The Balaban J connectivity index is 3.31. The SMILES string of the molecule is Cc1cc(C#N)ccc1S(=O)(=O)N(CC(=O)O)CC(=O)O. The second-order valence-corrected chi connectivity index (χ2v) is 6.06. The molecule has 0 radical (unpaired) electrons. The van der Waals surface area contributed by atoms with Gasteiger partial charge in [0.15, 0.2) is 0 Å². The van der Waals surface area contributed by atoms with Gasteiger partial charge in [0.25, 0.3) is 0 Å². The molecule has 1 aromatic rings. The third kappa shape index (κ3) is 4.01. The summed E-state index contributed by atoms with van der Waals surface area (Å²) in [7, 11) is -4.28. The van der Waals surface area contributed by atoms with Crippen molar-refractivity contribution in [3.8, 4) is 6.07 Å². The van der Waals surface area contributed by atoms with Crippen LogP contribution in [0.5, 0.6) is 0 Å². The molecule has 0 saturated heterocycles. The molecule has 0 heterocycles. The van der Waals surface area contributed by atoms with Crippen molar-refractivity contribution in [3.63, 3.8) is 0 Å². The normalized spacial score (nSPS) is 11.1. The molecule has 1 aromatic carbocycles. The maximum atomic E-state index is 12.3. The number of sulfonamides is 1. The van der Waals surface area contributed by atoms with E-state index in [1.54, 1.807) is 0 Å². The van der Waals surface area contributed by atoms with Gasteiger partial charge in [0.05, 0.1) is 16.5 Å². The lowest BCUT2D eigenvalue weighted by Gasteiger charge is -2.19. The van der Waals surface area contributed by atoms with Crippen LogP contribution in [0.15, 0.2) is 23.1 Å². The number of carbonyl (C=O) groups is 2. The molecule has 8 nitrogen and oxygen atoms in total. The maximum Gasteiger partial charge on any atom is 0.318 e. The van der Waals surface area contributed by atoms with Crippen LogP contribution in [0.1, 0.15) is 11.1 Å². The fourth-order valence-corrected chi connectivity index (χ4v) is 3.22. The number of hydrogen-bond acceptors (Lipinski definition) is 5. The predicted molar refractivity (Wildman–Crippen MR) is 69.9 cm³/mol. The van der Waals surface area contributed by atoms with Crippen molar-refractivity contribution in [2.75, 3.05) is 13.1 Å². The minimum Gasteiger partial charge on any atom is -0.480 e. The lowest BCUT2D eigenvalue weighted by Crippen LogP contribution is -2.39. The third-order valence-electron chi connectivity index (χ3n) is 2.55. The molecule has 0 fully saturated rings. The molecule has 1 rings (SSSR count). The predicted octanol–water partition coefficient (Wildman–Crippen LogP) is 0.0266. The number of carboxylic acid groups (broad SMARTS) is 2. The number of aliphatic carboxylic acids is 2. The van der Waals surface area contributed by atoms with E-state index in [0.29, 0.717) is 4.31 Å². The smallest absolute Gasteiger partial charge is 0.318 e. The highest BCUT2D eigenvalue weighted by Gasteiger charge is 2.29. The molecule has 112 valence electrons. The monoisotopic (exact) mass is 312 g/mol. The summed E-state index contributed by atoms with van der Waals surface area (Å²) in [5.74, 6) is -2.93. The van der Waals surface area contributed by atoms with Crippen LogP contribution in [-0.4, -0.2) is 48.0 Å². The van der Waals surface area contributed by atoms with Crippen molar-refractivity contribution in [1.29, 1.82) is 5.26 Å². The first kappa shape index (κ1) is 16.6. The quantitative estimate of drug-likeness (QED) is 0.756. The average molecular weight is 312 g/mol. The Bertz CT molecular complexity index is 704. The van der Waals surface area contributed by atoms with E-state index < -0.39 is 35.1 Å². The molecule has 9 heteroatoms. The number of nitrogens with zero attached hydrogens (tertiary/aromatic N) is 2. The van der Waals surface area contributed by atoms with E-state index in [2.05, 4.69) is 0 Å². The Morgan fingerprint density at radius 2 is 1.76 bits per heavy atom. The second kappa shape index (κ2) is 6.34. The van der Waals surface area contributed by atoms with Crippen molar-refractivity contribution >= 4 is 22.0 Å². The van der Waals surface area contributed by atoms with E-state index in [1.807, 2.05) is 6.07 Å². The first-order valence-corrected chi connectivity index (χ1v) is 7.07. The van der Waals surface area contributed by atoms with Gasteiger partial charge in [0.1, 0.15) is 13.1 Å². The van der Waals surface area contributed by atoms with Crippen LogP contribution in [0.3, 0.4) is 0 Å². The van der Waals surface area contributed by atoms with Crippen molar-refractivity contribution in [2.45, 2.75) is 11.8 Å². The minimum atomic E-state index is -4.28. The van der Waals surface area contributed by atoms with Gasteiger partial charge in [0, 0.05) is 0 Å². The van der Waals surface area contributed by atoms with Crippen LogP contribution in [0.2, 0.25) is 0 Å². The van der Waals surface area contributed by atoms with E-state index >= 15 is 0 Å². The molecule has 0 unspecified atom stereocenters.